The van der Waals surface area contributed by atoms with Gasteiger partial charge < -0.3 is 11.1 Å². The third-order valence-electron chi connectivity index (χ3n) is 2.35. The van der Waals surface area contributed by atoms with E-state index < -0.39 is 11.9 Å². The highest BCUT2D eigenvalue weighted by Gasteiger charge is 2.10. The Bertz CT molecular complexity index is 521. The number of hydrogen-bond donors (Lipinski definition) is 2. The minimum absolute atomic E-state index is 0.402. The van der Waals surface area contributed by atoms with Crippen molar-refractivity contribution in [1.29, 1.82) is 0 Å². The van der Waals surface area contributed by atoms with E-state index in [-0.39, 0.29) is 0 Å². The fourth-order valence-corrected chi connectivity index (χ4v) is 1.43. The van der Waals surface area contributed by atoms with Crippen molar-refractivity contribution in [3.05, 3.63) is 30.5 Å². The smallest absolute Gasteiger partial charge is 0.239 e. The van der Waals surface area contributed by atoms with Crippen LogP contribution in [0.15, 0.2) is 30.5 Å². The number of anilines is 1. The zero-order valence-electron chi connectivity index (χ0n) is 8.84. The molecule has 82 valence electrons. The average molecular weight is 216 g/mol. The van der Waals surface area contributed by atoms with Gasteiger partial charge in [-0.05, 0) is 13.0 Å². The van der Waals surface area contributed by atoms with Crippen molar-refractivity contribution in [2.75, 3.05) is 5.32 Å². The van der Waals surface area contributed by atoms with Crippen LogP contribution in [0.1, 0.15) is 6.92 Å². The Labute approximate surface area is 92.7 Å². The summed E-state index contributed by atoms with van der Waals surface area (Å²) in [6, 6.07) is 7.14. The molecule has 1 unspecified atom stereocenters. The molecular formula is C11H12N4O. The molecule has 0 aliphatic carbocycles. The SMILES string of the molecule is CC(Nc1cnnc2ccccc12)C(N)=O. The third kappa shape index (κ3) is 1.93. The van der Waals surface area contributed by atoms with Gasteiger partial charge in [0.1, 0.15) is 6.04 Å². The van der Waals surface area contributed by atoms with Gasteiger partial charge in [-0.3, -0.25) is 4.79 Å². The van der Waals surface area contributed by atoms with Gasteiger partial charge in [0.15, 0.2) is 0 Å². The number of carbonyl (C=O) groups is 1. The maximum atomic E-state index is 11.0. The van der Waals surface area contributed by atoms with Gasteiger partial charge in [-0.2, -0.15) is 10.2 Å². The number of nitrogens with zero attached hydrogens (tertiary/aromatic N) is 2. The van der Waals surface area contributed by atoms with Gasteiger partial charge in [-0.15, -0.1) is 0 Å². The van der Waals surface area contributed by atoms with Crippen molar-refractivity contribution >= 4 is 22.5 Å². The summed E-state index contributed by atoms with van der Waals surface area (Å²) in [5.74, 6) is -0.402. The molecule has 1 aromatic carbocycles. The molecule has 5 heteroatoms. The van der Waals surface area contributed by atoms with Crippen LogP contribution in [0.2, 0.25) is 0 Å². The Morgan fingerprint density at radius 2 is 2.19 bits per heavy atom. The number of benzene rings is 1. The van der Waals surface area contributed by atoms with Crippen LogP contribution in [0.3, 0.4) is 0 Å². The molecule has 0 saturated carbocycles. The van der Waals surface area contributed by atoms with E-state index >= 15 is 0 Å². The van der Waals surface area contributed by atoms with Crippen LogP contribution in [-0.2, 0) is 4.79 Å². The molecule has 0 aliphatic rings. The second-order valence-corrected chi connectivity index (χ2v) is 3.54. The van der Waals surface area contributed by atoms with Gasteiger partial charge in [0.25, 0.3) is 0 Å². The second kappa shape index (κ2) is 4.14. The molecule has 1 aromatic heterocycles. The van der Waals surface area contributed by atoms with Crippen molar-refractivity contribution in [3.8, 4) is 0 Å². The Kier molecular flexibility index (Phi) is 2.68. The second-order valence-electron chi connectivity index (χ2n) is 3.54. The quantitative estimate of drug-likeness (QED) is 0.799. The predicted octanol–water partition coefficient (Wildman–Crippen LogP) is 0.915. The van der Waals surface area contributed by atoms with Crippen LogP contribution in [0.5, 0.6) is 0 Å². The molecule has 0 radical (unpaired) electrons. The Hall–Kier alpha value is -2.17. The predicted molar refractivity (Wildman–Crippen MR) is 61.8 cm³/mol. The van der Waals surface area contributed by atoms with Gasteiger partial charge in [0.05, 0.1) is 17.4 Å². The number of nitrogens with one attached hydrogen (secondary N) is 1. The topological polar surface area (TPSA) is 80.9 Å². The van der Waals surface area contributed by atoms with Gasteiger partial charge >= 0.3 is 0 Å². The van der Waals surface area contributed by atoms with Gasteiger partial charge in [0, 0.05) is 5.39 Å². The molecule has 2 rings (SSSR count). The molecule has 3 N–H and O–H groups in total. The minimum Gasteiger partial charge on any atom is -0.372 e. The van der Waals surface area contributed by atoms with Crippen molar-refractivity contribution < 1.29 is 4.79 Å². The number of aromatic nitrogens is 2. The fourth-order valence-electron chi connectivity index (χ4n) is 1.43. The van der Waals surface area contributed by atoms with E-state index in [2.05, 4.69) is 15.5 Å². The average Bonchev–Trinajstić information content (AvgIpc) is 2.29. The molecule has 0 spiro atoms. The summed E-state index contributed by atoms with van der Waals surface area (Å²) in [7, 11) is 0. The van der Waals surface area contributed by atoms with Crippen LogP contribution < -0.4 is 11.1 Å². The Morgan fingerprint density at radius 1 is 1.44 bits per heavy atom. The van der Waals surface area contributed by atoms with Crippen molar-refractivity contribution in [1.82, 2.24) is 10.2 Å². The lowest BCUT2D eigenvalue weighted by molar-refractivity contribution is -0.118. The van der Waals surface area contributed by atoms with E-state index in [1.54, 1.807) is 13.1 Å². The number of nitrogens with two attached hydrogens (primary N) is 1. The number of carbonyl (C=O) groups excluding carboxylic acids is 1. The Morgan fingerprint density at radius 3 is 2.94 bits per heavy atom. The highest BCUT2D eigenvalue weighted by molar-refractivity contribution is 5.92. The summed E-state index contributed by atoms with van der Waals surface area (Å²) < 4.78 is 0. The van der Waals surface area contributed by atoms with E-state index in [1.165, 1.54) is 0 Å². The highest BCUT2D eigenvalue weighted by atomic mass is 16.1. The molecule has 1 heterocycles. The molecule has 5 nitrogen and oxygen atoms in total. The minimum atomic E-state index is -0.437. The normalized spacial score (nSPS) is 12.3. The lowest BCUT2D eigenvalue weighted by Crippen LogP contribution is -2.32. The van der Waals surface area contributed by atoms with E-state index in [0.717, 1.165) is 16.6 Å². The monoisotopic (exact) mass is 216 g/mol. The van der Waals surface area contributed by atoms with E-state index in [1.807, 2.05) is 24.3 Å². The molecule has 0 aliphatic heterocycles. The van der Waals surface area contributed by atoms with Crippen molar-refractivity contribution in [2.45, 2.75) is 13.0 Å². The number of amides is 1. The molecule has 0 saturated heterocycles. The van der Waals surface area contributed by atoms with Crippen molar-refractivity contribution in [2.24, 2.45) is 5.73 Å². The first-order valence-corrected chi connectivity index (χ1v) is 4.95. The van der Waals surface area contributed by atoms with E-state index in [4.69, 9.17) is 5.73 Å². The summed E-state index contributed by atoms with van der Waals surface area (Å²) >= 11 is 0. The Balaban J connectivity index is 2.41. The van der Waals surface area contributed by atoms with Gasteiger partial charge in [-0.1, -0.05) is 18.2 Å². The standard InChI is InChI=1S/C11H12N4O/c1-7(11(12)16)14-10-6-13-15-9-5-3-2-4-8(9)10/h2-7H,1H3,(H2,12,16)(H,14,15). The largest absolute Gasteiger partial charge is 0.372 e. The number of rotatable bonds is 3. The van der Waals surface area contributed by atoms with Gasteiger partial charge in [0.2, 0.25) is 5.91 Å². The lowest BCUT2D eigenvalue weighted by Gasteiger charge is -2.12. The highest BCUT2D eigenvalue weighted by Crippen LogP contribution is 2.20. The maximum Gasteiger partial charge on any atom is 0.239 e. The zero-order chi connectivity index (χ0) is 11.5. The summed E-state index contributed by atoms with van der Waals surface area (Å²) in [5, 5.41) is 11.8. The van der Waals surface area contributed by atoms with E-state index in [0.29, 0.717) is 0 Å². The molecular weight excluding hydrogens is 204 g/mol. The zero-order valence-corrected chi connectivity index (χ0v) is 8.84. The van der Waals surface area contributed by atoms with Crippen LogP contribution in [0, 0.1) is 0 Å². The fraction of sp³-hybridized carbons (Fsp3) is 0.182. The van der Waals surface area contributed by atoms with Crippen molar-refractivity contribution in [3.63, 3.8) is 0 Å². The van der Waals surface area contributed by atoms with Crippen LogP contribution in [0.4, 0.5) is 5.69 Å². The number of fused-ring (bicyclic) bond motifs is 1. The lowest BCUT2D eigenvalue weighted by atomic mass is 10.2. The molecule has 0 fully saturated rings. The first-order chi connectivity index (χ1) is 7.68. The first-order valence-electron chi connectivity index (χ1n) is 4.95. The molecule has 2 aromatic rings. The summed E-state index contributed by atoms with van der Waals surface area (Å²) in [5.41, 5.74) is 6.73. The maximum absolute atomic E-state index is 11.0. The number of hydrogen-bond acceptors (Lipinski definition) is 4. The summed E-state index contributed by atoms with van der Waals surface area (Å²) in [4.78, 5) is 11.0. The number of primary amides is 1. The third-order valence-corrected chi connectivity index (χ3v) is 2.35. The van der Waals surface area contributed by atoms with Crippen LogP contribution >= 0.6 is 0 Å². The van der Waals surface area contributed by atoms with E-state index in [9.17, 15) is 4.79 Å². The molecule has 16 heavy (non-hydrogen) atoms. The van der Waals surface area contributed by atoms with Gasteiger partial charge in [-0.25, -0.2) is 0 Å². The summed E-state index contributed by atoms with van der Waals surface area (Å²) in [6.45, 7) is 1.71. The summed E-state index contributed by atoms with van der Waals surface area (Å²) in [6.07, 6.45) is 1.59. The van der Waals surface area contributed by atoms with Crippen LogP contribution in [0.25, 0.3) is 10.9 Å². The van der Waals surface area contributed by atoms with Crippen LogP contribution in [-0.4, -0.2) is 22.1 Å². The first kappa shape index (κ1) is 10.4. The molecule has 1 atom stereocenters. The molecule has 1 amide bonds. The molecule has 0 bridgehead atoms.